The first-order valence-electron chi connectivity index (χ1n) is 11.7. The normalized spacial score (nSPS) is 14.5. The van der Waals surface area contributed by atoms with E-state index >= 15 is 0 Å². The van der Waals surface area contributed by atoms with Gasteiger partial charge in [-0.3, -0.25) is 0 Å². The van der Waals surface area contributed by atoms with E-state index in [9.17, 15) is 12.8 Å². The van der Waals surface area contributed by atoms with Crippen molar-refractivity contribution in [2.45, 2.75) is 51.0 Å². The predicted octanol–water partition coefficient (Wildman–Crippen LogP) is 5.78. The molecule has 0 aliphatic carbocycles. The van der Waals surface area contributed by atoms with Crippen molar-refractivity contribution in [3.63, 3.8) is 0 Å². The first kappa shape index (κ1) is 24.9. The van der Waals surface area contributed by atoms with Crippen molar-refractivity contribution in [3.05, 3.63) is 90.4 Å². The number of benzene rings is 3. The van der Waals surface area contributed by atoms with Gasteiger partial charge < -0.3 is 4.74 Å². The zero-order chi connectivity index (χ0) is 25.0. The van der Waals surface area contributed by atoms with E-state index in [0.717, 1.165) is 28.6 Å². The summed E-state index contributed by atoms with van der Waals surface area (Å²) in [5.74, 6) is 0.291. The molecule has 0 spiro atoms. The Morgan fingerprint density at radius 2 is 1.74 bits per heavy atom. The average molecular weight is 496 g/mol. The van der Waals surface area contributed by atoms with Gasteiger partial charge in [-0.05, 0) is 68.3 Å². The SMILES string of the molecule is CCCC(C)S(=O)(=O)N[C@@H](C)[C@H](Oc1ccc2c(cnn2-c2ccc(F)cc2)c1)c1ccccc1. The molecule has 0 bridgehead atoms. The zero-order valence-corrected chi connectivity index (χ0v) is 20.9. The standard InChI is InChI=1S/C27H30FN3O3S/c1-4-8-19(2)35(32,33)30-20(3)27(21-9-6-5-7-10-21)34-25-15-16-26-22(17-25)18-29-31(26)24-13-11-23(28)12-14-24/h5-7,9-20,27,30H,4,8H2,1-3H3/t19?,20-,27-/m0/s1. The molecule has 3 aromatic carbocycles. The van der Waals surface area contributed by atoms with Gasteiger partial charge >= 0.3 is 0 Å². The number of hydrogen-bond acceptors (Lipinski definition) is 4. The van der Waals surface area contributed by atoms with Gasteiger partial charge in [0.25, 0.3) is 0 Å². The van der Waals surface area contributed by atoms with E-state index in [1.165, 1.54) is 12.1 Å². The third-order valence-electron chi connectivity index (χ3n) is 6.03. The summed E-state index contributed by atoms with van der Waals surface area (Å²) in [6.07, 6.45) is 2.57. The molecule has 3 atom stereocenters. The van der Waals surface area contributed by atoms with Gasteiger partial charge in [-0.1, -0.05) is 43.7 Å². The smallest absolute Gasteiger partial charge is 0.214 e. The number of nitrogens with one attached hydrogen (secondary N) is 1. The van der Waals surface area contributed by atoms with Crippen LogP contribution in [0.4, 0.5) is 4.39 Å². The minimum Gasteiger partial charge on any atom is -0.484 e. The average Bonchev–Trinajstić information content (AvgIpc) is 3.26. The Balaban J connectivity index is 1.62. The van der Waals surface area contributed by atoms with Gasteiger partial charge in [0, 0.05) is 5.39 Å². The highest BCUT2D eigenvalue weighted by molar-refractivity contribution is 7.90. The molecule has 1 unspecified atom stereocenters. The highest BCUT2D eigenvalue weighted by atomic mass is 32.2. The maximum Gasteiger partial charge on any atom is 0.214 e. The van der Waals surface area contributed by atoms with Crippen LogP contribution in [0.3, 0.4) is 0 Å². The number of hydrogen-bond donors (Lipinski definition) is 1. The Hall–Kier alpha value is -3.23. The fourth-order valence-corrected chi connectivity index (χ4v) is 5.54. The van der Waals surface area contributed by atoms with Crippen LogP contribution < -0.4 is 9.46 Å². The van der Waals surface area contributed by atoms with Crippen LogP contribution in [-0.4, -0.2) is 29.5 Å². The molecule has 8 heteroatoms. The Bertz CT molecular complexity index is 1370. The topological polar surface area (TPSA) is 73.2 Å². The van der Waals surface area contributed by atoms with E-state index in [-0.39, 0.29) is 5.82 Å². The Morgan fingerprint density at radius 3 is 2.43 bits per heavy atom. The predicted molar refractivity (Wildman–Crippen MR) is 137 cm³/mol. The number of rotatable bonds is 10. The van der Waals surface area contributed by atoms with Gasteiger partial charge in [-0.15, -0.1) is 0 Å². The number of aromatic nitrogens is 2. The monoisotopic (exact) mass is 495 g/mol. The summed E-state index contributed by atoms with van der Waals surface area (Å²) in [5, 5.41) is 4.81. The second-order valence-electron chi connectivity index (χ2n) is 8.75. The van der Waals surface area contributed by atoms with E-state index in [1.54, 1.807) is 29.9 Å². The van der Waals surface area contributed by atoms with Crippen LogP contribution in [-0.2, 0) is 10.0 Å². The molecule has 184 valence electrons. The van der Waals surface area contributed by atoms with Crippen molar-refractivity contribution in [2.75, 3.05) is 0 Å². The Morgan fingerprint density at radius 1 is 1.03 bits per heavy atom. The number of ether oxygens (including phenoxy) is 1. The lowest BCUT2D eigenvalue weighted by Gasteiger charge is -2.27. The fourth-order valence-electron chi connectivity index (χ4n) is 4.12. The molecule has 35 heavy (non-hydrogen) atoms. The van der Waals surface area contributed by atoms with Gasteiger partial charge in [0.05, 0.1) is 28.7 Å². The van der Waals surface area contributed by atoms with Crippen molar-refractivity contribution in [3.8, 4) is 11.4 Å². The van der Waals surface area contributed by atoms with Gasteiger partial charge in [0.2, 0.25) is 10.0 Å². The van der Waals surface area contributed by atoms with Gasteiger partial charge in [-0.2, -0.15) is 5.10 Å². The van der Waals surface area contributed by atoms with Crippen molar-refractivity contribution < 1.29 is 17.5 Å². The molecule has 0 aliphatic rings. The van der Waals surface area contributed by atoms with Gasteiger partial charge in [0.15, 0.2) is 0 Å². The second kappa shape index (κ2) is 10.6. The first-order valence-corrected chi connectivity index (χ1v) is 13.3. The minimum atomic E-state index is -3.50. The molecule has 0 saturated carbocycles. The third-order valence-corrected chi connectivity index (χ3v) is 8.03. The summed E-state index contributed by atoms with van der Waals surface area (Å²) >= 11 is 0. The molecular weight excluding hydrogens is 465 g/mol. The van der Waals surface area contributed by atoms with Crippen molar-refractivity contribution in [1.29, 1.82) is 0 Å². The largest absolute Gasteiger partial charge is 0.484 e. The lowest BCUT2D eigenvalue weighted by atomic mass is 10.0. The summed E-state index contributed by atoms with van der Waals surface area (Å²) in [6.45, 7) is 5.52. The number of halogens is 1. The van der Waals surface area contributed by atoms with E-state index in [2.05, 4.69) is 9.82 Å². The molecule has 0 radical (unpaired) electrons. The fraction of sp³-hybridized carbons (Fsp3) is 0.296. The molecule has 1 heterocycles. The lowest BCUT2D eigenvalue weighted by Crippen LogP contribution is -2.43. The molecular formula is C27H30FN3O3S. The third kappa shape index (κ3) is 5.71. The van der Waals surface area contributed by atoms with Crippen LogP contribution in [0.1, 0.15) is 45.3 Å². The number of nitrogens with zero attached hydrogens (tertiary/aromatic N) is 2. The van der Waals surface area contributed by atoms with Crippen molar-refractivity contribution >= 4 is 20.9 Å². The van der Waals surface area contributed by atoms with Gasteiger partial charge in [-0.25, -0.2) is 22.2 Å². The molecule has 4 aromatic rings. The second-order valence-corrected chi connectivity index (χ2v) is 10.9. The van der Waals surface area contributed by atoms with Crippen molar-refractivity contribution in [1.82, 2.24) is 14.5 Å². The molecule has 6 nitrogen and oxygen atoms in total. The number of sulfonamides is 1. The maximum absolute atomic E-state index is 13.3. The molecule has 1 N–H and O–H groups in total. The van der Waals surface area contributed by atoms with Crippen LogP contribution in [0.5, 0.6) is 5.75 Å². The first-order chi connectivity index (χ1) is 16.8. The molecule has 4 rings (SSSR count). The van der Waals surface area contributed by atoms with E-state index < -0.39 is 27.4 Å². The molecule has 0 amide bonds. The molecule has 0 fully saturated rings. The minimum absolute atomic E-state index is 0.304. The van der Waals surface area contributed by atoms with Crippen LogP contribution in [0.25, 0.3) is 16.6 Å². The molecule has 1 aromatic heterocycles. The highest BCUT2D eigenvalue weighted by Crippen LogP contribution is 2.29. The lowest BCUT2D eigenvalue weighted by molar-refractivity contribution is 0.173. The zero-order valence-electron chi connectivity index (χ0n) is 20.1. The Kier molecular flexibility index (Phi) is 7.52. The summed E-state index contributed by atoms with van der Waals surface area (Å²) in [7, 11) is -3.50. The van der Waals surface area contributed by atoms with Crippen LogP contribution >= 0.6 is 0 Å². The summed E-state index contributed by atoms with van der Waals surface area (Å²) < 4.78 is 50.0. The van der Waals surface area contributed by atoms with Crippen LogP contribution in [0.2, 0.25) is 0 Å². The van der Waals surface area contributed by atoms with E-state index in [0.29, 0.717) is 12.2 Å². The van der Waals surface area contributed by atoms with Crippen molar-refractivity contribution in [2.24, 2.45) is 0 Å². The summed E-state index contributed by atoms with van der Waals surface area (Å²) in [4.78, 5) is 0. The van der Waals surface area contributed by atoms with E-state index in [1.807, 2.05) is 62.4 Å². The molecule has 0 aliphatic heterocycles. The summed E-state index contributed by atoms with van der Waals surface area (Å²) in [5.41, 5.74) is 2.47. The quantitative estimate of drug-likeness (QED) is 0.303. The van der Waals surface area contributed by atoms with Crippen LogP contribution in [0.15, 0.2) is 79.0 Å². The molecule has 0 saturated heterocycles. The maximum atomic E-state index is 13.3. The van der Waals surface area contributed by atoms with Crippen LogP contribution in [0, 0.1) is 5.82 Å². The number of fused-ring (bicyclic) bond motifs is 1. The Labute approximate surface area is 205 Å². The summed E-state index contributed by atoms with van der Waals surface area (Å²) in [6, 6.07) is 20.8. The van der Waals surface area contributed by atoms with E-state index in [4.69, 9.17) is 4.74 Å². The van der Waals surface area contributed by atoms with Gasteiger partial charge in [0.1, 0.15) is 17.7 Å². The highest BCUT2D eigenvalue weighted by Gasteiger charge is 2.28.